The molecular formula is C32H40ClN3O5S. The molecule has 226 valence electrons. The maximum Gasteiger partial charge on any atom is 0.264 e. The Morgan fingerprint density at radius 3 is 2.14 bits per heavy atom. The van der Waals surface area contributed by atoms with Gasteiger partial charge < -0.3 is 15.0 Å². The molecule has 42 heavy (non-hydrogen) atoms. The summed E-state index contributed by atoms with van der Waals surface area (Å²) >= 11 is 6.46. The van der Waals surface area contributed by atoms with E-state index in [1.165, 1.54) is 17.0 Å². The predicted octanol–water partition coefficient (Wildman–Crippen LogP) is 5.96. The predicted molar refractivity (Wildman–Crippen MR) is 167 cm³/mol. The summed E-state index contributed by atoms with van der Waals surface area (Å²) in [4.78, 5) is 29.0. The van der Waals surface area contributed by atoms with E-state index < -0.39 is 28.5 Å². The minimum Gasteiger partial charge on any atom is -0.494 e. The Morgan fingerprint density at radius 1 is 0.929 bits per heavy atom. The number of amides is 2. The molecular weight excluding hydrogens is 574 g/mol. The van der Waals surface area contributed by atoms with Crippen LogP contribution in [0.15, 0.2) is 77.7 Å². The fourth-order valence-electron chi connectivity index (χ4n) is 4.41. The van der Waals surface area contributed by atoms with Crippen LogP contribution >= 0.6 is 11.6 Å². The molecule has 0 aliphatic rings. The lowest BCUT2D eigenvalue weighted by molar-refractivity contribution is -0.140. The number of sulfonamides is 1. The van der Waals surface area contributed by atoms with Crippen LogP contribution in [0.3, 0.4) is 0 Å². The number of halogens is 1. The highest BCUT2D eigenvalue weighted by atomic mass is 35.5. The Hall–Kier alpha value is -3.56. The van der Waals surface area contributed by atoms with Crippen LogP contribution in [0.5, 0.6) is 5.75 Å². The molecule has 0 unspecified atom stereocenters. The Morgan fingerprint density at radius 2 is 1.57 bits per heavy atom. The topological polar surface area (TPSA) is 96.0 Å². The van der Waals surface area contributed by atoms with Gasteiger partial charge in [-0.1, -0.05) is 61.3 Å². The maximum absolute atomic E-state index is 14.2. The molecule has 10 heteroatoms. The number of nitrogens with zero attached hydrogens (tertiary/aromatic N) is 2. The Labute approximate surface area is 254 Å². The van der Waals surface area contributed by atoms with E-state index in [1.54, 1.807) is 60.7 Å². The van der Waals surface area contributed by atoms with Gasteiger partial charge in [-0.15, -0.1) is 0 Å². The summed E-state index contributed by atoms with van der Waals surface area (Å²) in [5.74, 6) is -0.293. The summed E-state index contributed by atoms with van der Waals surface area (Å²) in [7, 11) is -4.18. The first-order chi connectivity index (χ1) is 20.0. The molecule has 0 saturated heterocycles. The van der Waals surface area contributed by atoms with Crippen molar-refractivity contribution in [3.8, 4) is 5.75 Å². The summed E-state index contributed by atoms with van der Waals surface area (Å²) in [5.41, 5.74) is 1.92. The highest BCUT2D eigenvalue weighted by molar-refractivity contribution is 7.92. The van der Waals surface area contributed by atoms with E-state index >= 15 is 0 Å². The lowest BCUT2D eigenvalue weighted by Crippen LogP contribution is -2.53. The SMILES string of the molecule is CCOc1ccc(S(=O)(=O)N(CC(=O)N(Cc2ccccc2Cl)[C@H](CC)C(=O)N[C@@H](C)CC)c2ccc(C)cc2)cc1. The summed E-state index contributed by atoms with van der Waals surface area (Å²) in [5, 5.41) is 3.42. The van der Waals surface area contributed by atoms with Crippen molar-refractivity contribution < 1.29 is 22.7 Å². The highest BCUT2D eigenvalue weighted by Crippen LogP contribution is 2.27. The second-order valence-corrected chi connectivity index (χ2v) is 12.4. The molecule has 0 aliphatic carbocycles. The molecule has 0 heterocycles. The van der Waals surface area contributed by atoms with E-state index in [0.717, 1.165) is 16.3 Å². The van der Waals surface area contributed by atoms with Crippen LogP contribution in [-0.4, -0.2) is 50.4 Å². The molecule has 0 aromatic heterocycles. The van der Waals surface area contributed by atoms with Crippen molar-refractivity contribution in [3.63, 3.8) is 0 Å². The average molecular weight is 614 g/mol. The number of anilines is 1. The van der Waals surface area contributed by atoms with E-state index in [-0.39, 0.29) is 23.4 Å². The number of hydrogen-bond donors (Lipinski definition) is 1. The van der Waals surface area contributed by atoms with Gasteiger partial charge in [0.15, 0.2) is 0 Å². The van der Waals surface area contributed by atoms with Crippen LogP contribution in [0.1, 0.15) is 51.7 Å². The van der Waals surface area contributed by atoms with Crippen LogP contribution in [0.2, 0.25) is 5.02 Å². The number of hydrogen-bond acceptors (Lipinski definition) is 5. The molecule has 0 spiro atoms. The van der Waals surface area contributed by atoms with Crippen molar-refractivity contribution in [2.45, 2.75) is 71.0 Å². The summed E-state index contributed by atoms with van der Waals surface area (Å²) in [6.07, 6.45) is 1.05. The highest BCUT2D eigenvalue weighted by Gasteiger charge is 2.34. The van der Waals surface area contributed by atoms with Gasteiger partial charge in [0.05, 0.1) is 17.2 Å². The number of benzene rings is 3. The molecule has 0 bridgehead atoms. The van der Waals surface area contributed by atoms with E-state index in [4.69, 9.17) is 16.3 Å². The monoisotopic (exact) mass is 613 g/mol. The van der Waals surface area contributed by atoms with Crippen molar-refractivity contribution >= 4 is 39.1 Å². The third-order valence-corrected chi connectivity index (χ3v) is 9.17. The lowest BCUT2D eigenvalue weighted by atomic mass is 10.1. The third-order valence-electron chi connectivity index (χ3n) is 7.01. The van der Waals surface area contributed by atoms with Crippen molar-refractivity contribution in [1.29, 1.82) is 0 Å². The molecule has 0 fully saturated rings. The first-order valence-electron chi connectivity index (χ1n) is 14.2. The van der Waals surface area contributed by atoms with Gasteiger partial charge in [-0.2, -0.15) is 0 Å². The molecule has 3 aromatic carbocycles. The zero-order valence-electron chi connectivity index (χ0n) is 24.8. The van der Waals surface area contributed by atoms with Gasteiger partial charge in [0.2, 0.25) is 11.8 Å². The minimum absolute atomic E-state index is 0.0125. The third kappa shape index (κ3) is 8.26. The molecule has 0 aliphatic heterocycles. The molecule has 8 nitrogen and oxygen atoms in total. The number of carbonyl (C=O) groups excluding carboxylic acids is 2. The number of rotatable bonds is 14. The second kappa shape index (κ2) is 15.1. The fourth-order valence-corrected chi connectivity index (χ4v) is 6.02. The average Bonchev–Trinajstić information content (AvgIpc) is 2.97. The van der Waals surface area contributed by atoms with Gasteiger partial charge >= 0.3 is 0 Å². The second-order valence-electron chi connectivity index (χ2n) is 10.1. The lowest BCUT2D eigenvalue weighted by Gasteiger charge is -2.34. The van der Waals surface area contributed by atoms with E-state index in [2.05, 4.69) is 5.32 Å². The van der Waals surface area contributed by atoms with Gasteiger partial charge in [-0.3, -0.25) is 13.9 Å². The molecule has 3 rings (SSSR count). The number of nitrogens with one attached hydrogen (secondary N) is 1. The number of carbonyl (C=O) groups is 2. The van der Waals surface area contributed by atoms with E-state index in [0.29, 0.717) is 35.1 Å². The van der Waals surface area contributed by atoms with Crippen LogP contribution < -0.4 is 14.4 Å². The van der Waals surface area contributed by atoms with Gasteiger partial charge in [0, 0.05) is 17.6 Å². The molecule has 2 atom stereocenters. The Balaban J connectivity index is 2.06. The minimum atomic E-state index is -4.18. The summed E-state index contributed by atoms with van der Waals surface area (Å²) < 4.78 is 34.6. The van der Waals surface area contributed by atoms with Crippen LogP contribution in [-0.2, 0) is 26.2 Å². The first kappa shape index (κ1) is 32.9. The zero-order valence-corrected chi connectivity index (χ0v) is 26.4. The molecule has 0 saturated carbocycles. The number of aryl methyl sites for hydroxylation is 1. The van der Waals surface area contributed by atoms with Crippen molar-refractivity contribution in [2.75, 3.05) is 17.5 Å². The standard InChI is InChI=1S/C32H40ClN3O5S/c1-6-24(5)34-32(38)30(7-2)35(21-25-11-9-10-12-29(25)33)31(37)22-36(26-15-13-23(4)14-16-26)42(39,40)28-19-17-27(18-20-28)41-8-3/h9-20,24,30H,6-8,21-22H2,1-5H3,(H,34,38)/t24-,30+/m0/s1. The van der Waals surface area contributed by atoms with Crippen LogP contribution in [0.4, 0.5) is 5.69 Å². The normalized spacial score (nSPS) is 12.7. The van der Waals surface area contributed by atoms with Gasteiger partial charge in [0.1, 0.15) is 18.3 Å². The van der Waals surface area contributed by atoms with Crippen molar-refractivity contribution in [1.82, 2.24) is 10.2 Å². The number of ether oxygens (including phenoxy) is 1. The zero-order chi connectivity index (χ0) is 30.9. The van der Waals surface area contributed by atoms with Crippen LogP contribution in [0.25, 0.3) is 0 Å². The Bertz CT molecular complexity index is 1450. The smallest absolute Gasteiger partial charge is 0.264 e. The van der Waals surface area contributed by atoms with E-state index in [9.17, 15) is 18.0 Å². The molecule has 0 radical (unpaired) electrons. The quantitative estimate of drug-likeness (QED) is 0.242. The summed E-state index contributed by atoms with van der Waals surface area (Å²) in [6, 6.07) is 19.2. The molecule has 1 N–H and O–H groups in total. The Kier molecular flexibility index (Phi) is 11.8. The fraction of sp³-hybridized carbons (Fsp3) is 0.375. The van der Waals surface area contributed by atoms with Crippen molar-refractivity contribution in [2.24, 2.45) is 0 Å². The van der Waals surface area contributed by atoms with E-state index in [1.807, 2.05) is 34.6 Å². The first-order valence-corrected chi connectivity index (χ1v) is 16.0. The van der Waals surface area contributed by atoms with Crippen molar-refractivity contribution in [3.05, 3.63) is 88.9 Å². The molecule has 3 aromatic rings. The maximum atomic E-state index is 14.2. The van der Waals surface area contributed by atoms with Gasteiger partial charge in [-0.05, 0) is 81.6 Å². The summed E-state index contributed by atoms with van der Waals surface area (Å²) in [6.45, 7) is 9.38. The molecule has 2 amide bonds. The largest absolute Gasteiger partial charge is 0.494 e. The van der Waals surface area contributed by atoms with Gasteiger partial charge in [0.25, 0.3) is 10.0 Å². The van der Waals surface area contributed by atoms with Gasteiger partial charge in [-0.25, -0.2) is 8.42 Å². The van der Waals surface area contributed by atoms with Crippen LogP contribution in [0, 0.1) is 6.92 Å².